The van der Waals surface area contributed by atoms with Crippen molar-refractivity contribution >= 4 is 32.8 Å². The fraction of sp³-hybridized carbons (Fsp3) is 0.250. The normalized spacial score (nSPS) is 11.9. The minimum Gasteiger partial charge on any atom is -0.481 e. The molecule has 0 aliphatic rings. The van der Waals surface area contributed by atoms with Crippen LogP contribution in [0.1, 0.15) is 19.5 Å². The molecule has 3 nitrogen and oxygen atoms in total. The molecule has 0 amide bonds. The van der Waals surface area contributed by atoms with Crippen molar-refractivity contribution in [3.05, 3.63) is 34.4 Å². The average molecular weight is 282 g/mol. The number of aromatic amines is 1. The van der Waals surface area contributed by atoms with Crippen molar-refractivity contribution in [2.75, 3.05) is 0 Å². The molecule has 4 heteroatoms. The van der Waals surface area contributed by atoms with E-state index >= 15 is 0 Å². The molecule has 0 aliphatic carbocycles. The second-order valence-electron chi connectivity index (χ2n) is 4.32. The van der Waals surface area contributed by atoms with E-state index in [9.17, 15) is 4.79 Å². The van der Waals surface area contributed by atoms with E-state index in [1.807, 2.05) is 24.3 Å². The molecule has 2 aromatic rings. The zero-order valence-electron chi connectivity index (χ0n) is 9.04. The Morgan fingerprint density at radius 1 is 1.44 bits per heavy atom. The molecule has 0 atom stereocenters. The topological polar surface area (TPSA) is 53.1 Å². The number of halogens is 1. The van der Waals surface area contributed by atoms with Gasteiger partial charge in [-0.05, 0) is 41.9 Å². The van der Waals surface area contributed by atoms with Crippen molar-refractivity contribution in [3.63, 3.8) is 0 Å². The van der Waals surface area contributed by atoms with Crippen molar-refractivity contribution < 1.29 is 9.90 Å². The summed E-state index contributed by atoms with van der Waals surface area (Å²) < 4.78 is 0.942. The molecule has 1 aromatic carbocycles. The summed E-state index contributed by atoms with van der Waals surface area (Å²) in [7, 11) is 0. The lowest BCUT2D eigenvalue weighted by molar-refractivity contribution is -0.142. The van der Waals surface area contributed by atoms with E-state index in [2.05, 4.69) is 20.9 Å². The summed E-state index contributed by atoms with van der Waals surface area (Å²) in [5, 5.41) is 10.2. The van der Waals surface area contributed by atoms with Crippen LogP contribution in [0.15, 0.2) is 28.7 Å². The smallest absolute Gasteiger partial charge is 0.315 e. The number of hydrogen-bond acceptors (Lipinski definition) is 1. The second-order valence-corrected chi connectivity index (χ2v) is 5.17. The van der Waals surface area contributed by atoms with Gasteiger partial charge in [-0.1, -0.05) is 12.1 Å². The monoisotopic (exact) mass is 281 g/mol. The average Bonchev–Trinajstić information content (AvgIpc) is 2.63. The van der Waals surface area contributed by atoms with Gasteiger partial charge in [0.05, 0.1) is 5.52 Å². The van der Waals surface area contributed by atoms with Crippen LogP contribution in [0.2, 0.25) is 0 Å². The highest BCUT2D eigenvalue weighted by atomic mass is 79.9. The van der Waals surface area contributed by atoms with Crippen molar-refractivity contribution in [2.24, 2.45) is 0 Å². The van der Waals surface area contributed by atoms with Crippen LogP contribution in [0.5, 0.6) is 0 Å². The highest BCUT2D eigenvalue weighted by molar-refractivity contribution is 9.10. The highest BCUT2D eigenvalue weighted by Gasteiger charge is 2.31. The summed E-state index contributed by atoms with van der Waals surface area (Å²) in [6.07, 6.45) is 0. The van der Waals surface area contributed by atoms with Crippen molar-refractivity contribution in [3.8, 4) is 0 Å². The zero-order chi connectivity index (χ0) is 11.9. The van der Waals surface area contributed by atoms with E-state index in [4.69, 9.17) is 5.11 Å². The molecule has 1 aromatic heterocycles. The molecule has 0 spiro atoms. The summed E-state index contributed by atoms with van der Waals surface area (Å²) in [5.41, 5.74) is 0.743. The Balaban J connectivity index is 2.64. The fourth-order valence-corrected chi connectivity index (χ4v) is 2.05. The lowest BCUT2D eigenvalue weighted by Crippen LogP contribution is -2.28. The van der Waals surface area contributed by atoms with Crippen LogP contribution in [0.25, 0.3) is 10.9 Å². The van der Waals surface area contributed by atoms with Gasteiger partial charge in [0, 0.05) is 15.6 Å². The van der Waals surface area contributed by atoms with Crippen LogP contribution >= 0.6 is 15.9 Å². The SMILES string of the molecule is CC(C)(C(=O)O)c1cc2cccc(Br)c2[nH]1. The first-order chi connectivity index (χ1) is 7.43. The fourth-order valence-electron chi connectivity index (χ4n) is 1.57. The first-order valence-corrected chi connectivity index (χ1v) is 5.73. The molecule has 16 heavy (non-hydrogen) atoms. The Morgan fingerprint density at radius 2 is 2.12 bits per heavy atom. The van der Waals surface area contributed by atoms with Gasteiger partial charge in [0.1, 0.15) is 5.41 Å². The van der Waals surface area contributed by atoms with E-state index in [1.54, 1.807) is 13.8 Å². The molecule has 0 bridgehead atoms. The van der Waals surface area contributed by atoms with Crippen LogP contribution in [-0.4, -0.2) is 16.1 Å². The predicted octanol–water partition coefficient (Wildman–Crippen LogP) is 3.29. The van der Waals surface area contributed by atoms with Crippen molar-refractivity contribution in [2.45, 2.75) is 19.3 Å². The highest BCUT2D eigenvalue weighted by Crippen LogP contribution is 2.30. The third-order valence-electron chi connectivity index (χ3n) is 2.81. The number of hydrogen-bond donors (Lipinski definition) is 2. The molecule has 2 N–H and O–H groups in total. The number of H-pyrrole nitrogens is 1. The van der Waals surface area contributed by atoms with Gasteiger partial charge in [-0.3, -0.25) is 4.79 Å². The molecular formula is C12H12BrNO2. The van der Waals surface area contributed by atoms with Crippen LogP contribution < -0.4 is 0 Å². The first kappa shape index (κ1) is 11.2. The van der Waals surface area contributed by atoms with Gasteiger partial charge >= 0.3 is 5.97 Å². The number of carboxylic acid groups (broad SMARTS) is 1. The number of benzene rings is 1. The van der Waals surface area contributed by atoms with E-state index < -0.39 is 11.4 Å². The Morgan fingerprint density at radius 3 is 2.69 bits per heavy atom. The van der Waals surface area contributed by atoms with Crippen molar-refractivity contribution in [1.82, 2.24) is 4.98 Å². The number of aromatic nitrogens is 1. The Labute approximate surface area is 102 Å². The summed E-state index contributed by atoms with van der Waals surface area (Å²) in [6.45, 7) is 3.38. The third kappa shape index (κ3) is 1.63. The van der Waals surface area contributed by atoms with Crippen LogP contribution in [0, 0.1) is 0 Å². The second kappa shape index (κ2) is 3.63. The number of fused-ring (bicyclic) bond motifs is 1. The quantitative estimate of drug-likeness (QED) is 0.888. The van der Waals surface area contributed by atoms with Gasteiger partial charge in [-0.2, -0.15) is 0 Å². The largest absolute Gasteiger partial charge is 0.481 e. The Bertz CT molecular complexity index is 557. The number of aliphatic carboxylic acids is 1. The number of para-hydroxylation sites is 1. The molecule has 84 valence electrons. The lowest BCUT2D eigenvalue weighted by atomic mass is 9.90. The molecule has 2 rings (SSSR count). The van der Waals surface area contributed by atoms with Gasteiger partial charge < -0.3 is 10.1 Å². The van der Waals surface area contributed by atoms with Crippen LogP contribution in [-0.2, 0) is 10.2 Å². The maximum Gasteiger partial charge on any atom is 0.315 e. The third-order valence-corrected chi connectivity index (χ3v) is 3.47. The van der Waals surface area contributed by atoms with Gasteiger partial charge in [-0.15, -0.1) is 0 Å². The Hall–Kier alpha value is -1.29. The van der Waals surface area contributed by atoms with E-state index in [1.165, 1.54) is 0 Å². The first-order valence-electron chi connectivity index (χ1n) is 4.94. The van der Waals surface area contributed by atoms with Gasteiger partial charge in [0.2, 0.25) is 0 Å². The maximum absolute atomic E-state index is 11.2. The van der Waals surface area contributed by atoms with E-state index in [-0.39, 0.29) is 0 Å². The van der Waals surface area contributed by atoms with Gasteiger partial charge in [0.15, 0.2) is 0 Å². The minimum atomic E-state index is -0.904. The number of rotatable bonds is 2. The zero-order valence-corrected chi connectivity index (χ0v) is 10.6. The molecule has 0 fully saturated rings. The summed E-state index contributed by atoms with van der Waals surface area (Å²) >= 11 is 3.44. The number of carbonyl (C=O) groups is 1. The molecule has 0 radical (unpaired) electrons. The lowest BCUT2D eigenvalue weighted by Gasteiger charge is -2.16. The molecule has 0 saturated heterocycles. The molecule has 0 saturated carbocycles. The molecule has 0 unspecified atom stereocenters. The van der Waals surface area contributed by atoms with E-state index in [0.717, 1.165) is 15.4 Å². The molecular weight excluding hydrogens is 270 g/mol. The number of carboxylic acids is 1. The Kier molecular flexibility index (Phi) is 2.54. The summed E-state index contributed by atoms with van der Waals surface area (Å²) in [6, 6.07) is 7.69. The van der Waals surface area contributed by atoms with Crippen LogP contribution in [0.4, 0.5) is 0 Å². The van der Waals surface area contributed by atoms with E-state index in [0.29, 0.717) is 5.69 Å². The predicted molar refractivity (Wildman–Crippen MR) is 66.7 cm³/mol. The van der Waals surface area contributed by atoms with Gasteiger partial charge in [0.25, 0.3) is 0 Å². The number of nitrogens with one attached hydrogen (secondary N) is 1. The van der Waals surface area contributed by atoms with Crippen molar-refractivity contribution in [1.29, 1.82) is 0 Å². The summed E-state index contributed by atoms with van der Waals surface area (Å²) in [5.74, 6) is -0.838. The minimum absolute atomic E-state index is 0.710. The maximum atomic E-state index is 11.2. The molecule has 1 heterocycles. The standard InChI is InChI=1S/C12H12BrNO2/c1-12(2,11(15)16)9-6-7-4-3-5-8(13)10(7)14-9/h3-6,14H,1-2H3,(H,15,16). The van der Waals surface area contributed by atoms with Crippen LogP contribution in [0.3, 0.4) is 0 Å². The van der Waals surface area contributed by atoms with Gasteiger partial charge in [-0.25, -0.2) is 0 Å². The summed E-state index contributed by atoms with van der Waals surface area (Å²) in [4.78, 5) is 14.3. The molecule has 0 aliphatic heterocycles.